The summed E-state index contributed by atoms with van der Waals surface area (Å²) in [7, 11) is -4.82. The van der Waals surface area contributed by atoms with Crippen LogP contribution in [0.2, 0.25) is 0 Å². The molecule has 0 aromatic heterocycles. The van der Waals surface area contributed by atoms with E-state index in [9.17, 15) is 9.36 Å². The Morgan fingerprint density at radius 2 is 1.44 bits per heavy atom. The van der Waals surface area contributed by atoms with Crippen LogP contribution in [0, 0.1) is 0 Å². The average molecular weight is 174 g/mol. The van der Waals surface area contributed by atoms with Crippen LogP contribution < -0.4 is 59.1 Å². The van der Waals surface area contributed by atoms with Crippen LogP contribution in [0.3, 0.4) is 0 Å². The van der Waals surface area contributed by atoms with Gasteiger partial charge in [-0.3, -0.25) is 0 Å². The number of rotatable bonds is 1. The Kier molecular flexibility index (Phi) is 11.9. The van der Waals surface area contributed by atoms with Crippen molar-refractivity contribution in [2.24, 2.45) is 0 Å². The maximum absolute atomic E-state index is 9.43. The topological polar surface area (TPSA) is 94.8 Å². The molecule has 46 valence electrons. The minimum atomic E-state index is -4.82. The molecule has 0 aliphatic rings. The van der Waals surface area contributed by atoms with Gasteiger partial charge in [0.05, 0.1) is 0 Å². The van der Waals surface area contributed by atoms with E-state index in [0.717, 1.165) is 0 Å². The second kappa shape index (κ2) is 6.34. The predicted molar refractivity (Wildman–Crippen MR) is 22.3 cm³/mol. The van der Waals surface area contributed by atoms with Crippen LogP contribution >= 0.6 is 7.60 Å². The monoisotopic (exact) mass is 174 g/mol. The molecule has 0 aromatic carbocycles. The van der Waals surface area contributed by atoms with Gasteiger partial charge < -0.3 is 17.7 Å². The first-order valence-corrected chi connectivity index (χ1v) is 2.85. The molecule has 0 aromatic rings. The van der Waals surface area contributed by atoms with Gasteiger partial charge in [-0.05, 0) is 0 Å². The number of hydrogen-bond donors (Lipinski definition) is 3. The van der Waals surface area contributed by atoms with Crippen molar-refractivity contribution in [2.75, 3.05) is 0 Å². The SMILES string of the molecule is O=C(O)P(=O)(O)O.[H-].[H-].[Na+].[Na+]. The van der Waals surface area contributed by atoms with Gasteiger partial charge in [-0.15, -0.1) is 0 Å². The van der Waals surface area contributed by atoms with Crippen LogP contribution in [0.4, 0.5) is 4.79 Å². The zero-order valence-corrected chi connectivity index (χ0v) is 10.00. The molecule has 0 saturated heterocycles. The molecule has 0 atom stereocenters. The summed E-state index contributed by atoms with van der Waals surface area (Å²) >= 11 is 0. The van der Waals surface area contributed by atoms with Crippen LogP contribution in [0.15, 0.2) is 0 Å². The zero-order chi connectivity index (χ0) is 6.08. The van der Waals surface area contributed by atoms with E-state index in [2.05, 4.69) is 0 Å². The van der Waals surface area contributed by atoms with E-state index in [1.807, 2.05) is 0 Å². The third kappa shape index (κ3) is 9.62. The van der Waals surface area contributed by atoms with E-state index in [-0.39, 0.29) is 62.0 Å². The summed E-state index contributed by atoms with van der Waals surface area (Å²) in [6.45, 7) is 0. The fourth-order valence-electron chi connectivity index (χ4n) is 0. The van der Waals surface area contributed by atoms with E-state index in [4.69, 9.17) is 14.9 Å². The molecule has 0 aliphatic carbocycles. The van der Waals surface area contributed by atoms with Gasteiger partial charge >= 0.3 is 72.4 Å². The minimum Gasteiger partial charge on any atom is -1.00 e. The van der Waals surface area contributed by atoms with Crippen LogP contribution in [-0.4, -0.2) is 20.6 Å². The second-order valence-corrected chi connectivity index (χ2v) is 2.30. The molecule has 0 saturated carbocycles. The van der Waals surface area contributed by atoms with Gasteiger partial charge in [-0.25, -0.2) is 9.36 Å². The molecule has 0 spiro atoms. The van der Waals surface area contributed by atoms with Crippen LogP contribution in [0.1, 0.15) is 2.85 Å². The van der Waals surface area contributed by atoms with Gasteiger partial charge in [0.25, 0.3) is 0 Å². The van der Waals surface area contributed by atoms with E-state index in [1.54, 1.807) is 0 Å². The molecular weight excluding hydrogens is 169 g/mol. The Labute approximate surface area is 98.5 Å². The van der Waals surface area contributed by atoms with Gasteiger partial charge in [-0.1, -0.05) is 0 Å². The van der Waals surface area contributed by atoms with Gasteiger partial charge in [0, 0.05) is 0 Å². The molecule has 0 aliphatic heterocycles. The van der Waals surface area contributed by atoms with E-state index < -0.39 is 13.3 Å². The molecule has 5 nitrogen and oxygen atoms in total. The van der Waals surface area contributed by atoms with Crippen molar-refractivity contribution in [1.82, 2.24) is 0 Å². The Morgan fingerprint density at radius 1 is 1.33 bits per heavy atom. The second-order valence-electron chi connectivity index (χ2n) is 0.827. The molecule has 0 fully saturated rings. The molecule has 8 heteroatoms. The number of carbonyl (C=O) groups is 1. The summed E-state index contributed by atoms with van der Waals surface area (Å²) in [5.41, 5.74) is -2.09. The first-order valence-electron chi connectivity index (χ1n) is 1.23. The fourth-order valence-corrected chi connectivity index (χ4v) is 0. The van der Waals surface area contributed by atoms with E-state index in [1.165, 1.54) is 0 Å². The third-order valence-corrected chi connectivity index (χ3v) is 0.748. The normalized spacial score (nSPS) is 8.67. The smallest absolute Gasteiger partial charge is 1.00 e. The van der Waals surface area contributed by atoms with Crippen LogP contribution in [0.5, 0.6) is 0 Å². The third-order valence-electron chi connectivity index (χ3n) is 0.249. The molecule has 0 amide bonds. The summed E-state index contributed by atoms with van der Waals surface area (Å²) < 4.78 is 9.43. The Morgan fingerprint density at radius 3 is 1.44 bits per heavy atom. The van der Waals surface area contributed by atoms with Gasteiger partial charge in [0.15, 0.2) is 0 Å². The van der Waals surface area contributed by atoms with E-state index in [0.29, 0.717) is 0 Å². The van der Waals surface area contributed by atoms with Crippen LogP contribution in [0.25, 0.3) is 0 Å². The van der Waals surface area contributed by atoms with Gasteiger partial charge in [0.1, 0.15) is 0 Å². The summed E-state index contributed by atoms with van der Waals surface area (Å²) in [4.78, 5) is 24.5. The molecule has 9 heavy (non-hydrogen) atoms. The Hall–Kier alpha value is 1.62. The van der Waals surface area contributed by atoms with Crippen molar-refractivity contribution in [3.63, 3.8) is 0 Å². The van der Waals surface area contributed by atoms with Crippen molar-refractivity contribution in [3.8, 4) is 0 Å². The van der Waals surface area contributed by atoms with Gasteiger partial charge in [-0.2, -0.15) is 0 Å². The summed E-state index contributed by atoms with van der Waals surface area (Å²) in [6.07, 6.45) is 0. The zero-order valence-electron chi connectivity index (χ0n) is 7.11. The van der Waals surface area contributed by atoms with Gasteiger partial charge in [0.2, 0.25) is 0 Å². The van der Waals surface area contributed by atoms with Crippen molar-refractivity contribution < 1.29 is 86.2 Å². The first-order chi connectivity index (χ1) is 2.94. The number of carboxylic acid groups (broad SMARTS) is 1. The standard InChI is InChI=1S/CH3O5P.2Na.2H/c2-1(3)7(4,5)6;;;;/h(H,2,3)(H2,4,5,6);;;;/q;2*+1;2*-1. The summed E-state index contributed by atoms with van der Waals surface area (Å²) in [5.74, 6) is 0. The van der Waals surface area contributed by atoms with Crippen molar-refractivity contribution in [3.05, 3.63) is 0 Å². The van der Waals surface area contributed by atoms with Crippen molar-refractivity contribution in [1.29, 1.82) is 0 Å². The van der Waals surface area contributed by atoms with E-state index >= 15 is 0 Å². The maximum atomic E-state index is 9.43. The summed E-state index contributed by atoms with van der Waals surface area (Å²) in [5, 5.41) is 7.49. The largest absolute Gasteiger partial charge is 1.00 e. The first kappa shape index (κ1) is 16.9. The molecule has 0 unspecified atom stereocenters. The quantitative estimate of drug-likeness (QED) is 0.272. The Balaban J connectivity index is -0.0000000300. The number of hydrogen-bond acceptors (Lipinski definition) is 2. The van der Waals surface area contributed by atoms with Crippen molar-refractivity contribution >= 4 is 13.3 Å². The fraction of sp³-hybridized carbons (Fsp3) is 0. The molecule has 0 bridgehead atoms. The summed E-state index contributed by atoms with van der Waals surface area (Å²) in [6, 6.07) is 0. The molecular formula is CH5Na2O5P. The average Bonchev–Trinajstić information content (AvgIpc) is 1.31. The molecule has 0 heterocycles. The molecule has 0 rings (SSSR count). The minimum absolute atomic E-state index is 0. The molecule has 3 N–H and O–H groups in total. The maximum Gasteiger partial charge on any atom is 1.00 e. The predicted octanol–water partition coefficient (Wildman–Crippen LogP) is -5.92. The molecule has 0 radical (unpaired) electrons. The van der Waals surface area contributed by atoms with Crippen molar-refractivity contribution in [2.45, 2.75) is 0 Å². The Bertz CT molecular complexity index is 134. The van der Waals surface area contributed by atoms with Crippen LogP contribution in [-0.2, 0) is 4.57 Å².